The maximum absolute atomic E-state index is 12.3. The summed E-state index contributed by atoms with van der Waals surface area (Å²) in [6, 6.07) is -1.72. The van der Waals surface area contributed by atoms with Crippen LogP contribution in [0.2, 0.25) is 0 Å². The second-order valence-electron chi connectivity index (χ2n) is 18.5. The first-order valence-corrected chi connectivity index (χ1v) is 22.0. The molecule has 23 heteroatoms. The van der Waals surface area contributed by atoms with E-state index in [-0.39, 0.29) is 65.5 Å². The molecule has 6 rings (SSSR count). The lowest BCUT2D eigenvalue weighted by Gasteiger charge is -2.29. The number of ether oxygens (including phenoxy) is 3. The predicted octanol–water partition coefficient (Wildman–Crippen LogP) is 3.06. The van der Waals surface area contributed by atoms with E-state index in [1.807, 2.05) is 69.2 Å². The maximum atomic E-state index is 12.3. The molecule has 6 heterocycles. The Bertz CT molecular complexity index is 2010. The van der Waals surface area contributed by atoms with Crippen molar-refractivity contribution in [2.75, 3.05) is 19.6 Å². The Morgan fingerprint density at radius 3 is 1.53 bits per heavy atom. The Labute approximate surface area is 373 Å². The van der Waals surface area contributed by atoms with E-state index in [4.69, 9.17) is 14.2 Å². The van der Waals surface area contributed by atoms with E-state index in [2.05, 4.69) is 51.5 Å². The van der Waals surface area contributed by atoms with Crippen LogP contribution in [0.5, 0.6) is 0 Å². The predicted molar refractivity (Wildman–Crippen MR) is 228 cm³/mol. The quantitative estimate of drug-likeness (QED) is 0.223. The van der Waals surface area contributed by atoms with Crippen LogP contribution in [0.15, 0.2) is 15.4 Å². The fraction of sp³-hybridized carbons (Fsp3) is 0.780. The second-order valence-corrected chi connectivity index (χ2v) is 18.5. The van der Waals surface area contributed by atoms with Crippen molar-refractivity contribution in [1.29, 1.82) is 0 Å². The number of esters is 3. The van der Waals surface area contributed by atoms with Gasteiger partial charge in [-0.05, 0) is 92.0 Å². The summed E-state index contributed by atoms with van der Waals surface area (Å²) in [6.45, 7) is 23.3. The van der Waals surface area contributed by atoms with E-state index in [1.54, 1.807) is 35.6 Å². The number of rotatable bonds is 13. The summed E-state index contributed by atoms with van der Waals surface area (Å²) in [4.78, 5) is 79.5. The Hall–Kier alpha value is -5.77. The Morgan fingerprint density at radius 1 is 0.703 bits per heavy atom. The van der Waals surface area contributed by atoms with Gasteiger partial charge in [-0.25, -0.2) is 14.4 Å². The van der Waals surface area contributed by atoms with Gasteiger partial charge in [0.1, 0.15) is 35.4 Å². The van der Waals surface area contributed by atoms with Crippen molar-refractivity contribution < 1.29 is 43.0 Å². The minimum atomic E-state index is -0.569. The van der Waals surface area contributed by atoms with E-state index < -0.39 is 29.3 Å². The molecule has 23 nitrogen and oxygen atoms in total. The highest BCUT2D eigenvalue weighted by Gasteiger charge is 2.43. The summed E-state index contributed by atoms with van der Waals surface area (Å²) in [7, 11) is 1.68. The highest BCUT2D eigenvalue weighted by molar-refractivity contribution is 5.98. The third-order valence-corrected chi connectivity index (χ3v) is 10.6. The van der Waals surface area contributed by atoms with Crippen molar-refractivity contribution in [2.45, 2.75) is 175 Å². The van der Waals surface area contributed by atoms with Crippen molar-refractivity contribution in [3.05, 3.63) is 11.6 Å². The third-order valence-electron chi connectivity index (χ3n) is 10.6. The van der Waals surface area contributed by atoms with E-state index >= 15 is 0 Å². The summed E-state index contributed by atoms with van der Waals surface area (Å²) in [5, 5.41) is 37.3. The van der Waals surface area contributed by atoms with Gasteiger partial charge in [0.25, 0.3) is 0 Å². The molecule has 3 fully saturated rings. The topological polar surface area (TPSA) is 275 Å². The molecule has 0 aliphatic carbocycles. The zero-order valence-corrected chi connectivity index (χ0v) is 39.5. The number of hydrogen-bond donors (Lipinski definition) is 1. The van der Waals surface area contributed by atoms with Crippen LogP contribution in [0.3, 0.4) is 0 Å². The molecular formula is C41H66N14O9. The molecule has 3 saturated heterocycles. The van der Waals surface area contributed by atoms with Crippen molar-refractivity contribution in [2.24, 2.45) is 28.4 Å². The van der Waals surface area contributed by atoms with Gasteiger partial charge in [-0.15, -0.1) is 25.5 Å². The van der Waals surface area contributed by atoms with E-state index in [9.17, 15) is 28.8 Å². The zero-order valence-electron chi connectivity index (χ0n) is 39.5. The van der Waals surface area contributed by atoms with Crippen LogP contribution in [0, 0.1) is 5.92 Å². The number of amides is 3. The smallest absolute Gasteiger partial charge is 0.329 e. The van der Waals surface area contributed by atoms with Crippen LogP contribution in [0.1, 0.15) is 145 Å². The van der Waals surface area contributed by atoms with E-state index in [1.165, 1.54) is 4.80 Å². The fourth-order valence-electron chi connectivity index (χ4n) is 7.76. The number of nitrogens with one attached hydrogen (secondary N) is 1. The number of carbonyl (C=O) groups is 6. The van der Waals surface area contributed by atoms with Crippen LogP contribution in [0.4, 0.5) is 0 Å². The molecule has 0 spiro atoms. The second kappa shape index (κ2) is 21.7. The van der Waals surface area contributed by atoms with Gasteiger partial charge < -0.3 is 28.9 Å². The van der Waals surface area contributed by atoms with Crippen LogP contribution < -0.4 is 0 Å². The monoisotopic (exact) mass is 899 g/mol. The molecule has 4 aliphatic rings. The Morgan fingerprint density at radius 2 is 1.16 bits per heavy atom. The number of tetrazole rings is 2. The van der Waals surface area contributed by atoms with Crippen molar-refractivity contribution in [3.8, 4) is 0 Å². The molecule has 0 aromatic carbocycles. The SMILES string of the molecule is CCC(C(=O)OC(C)(C)C)N1CC(C2=NN=NC2C)CC1=O.CCC(C(=O)OC(C)(C)C)N1CC(c2nn[nH]n2)CC1=O.CCC(C(=O)OC(C)C)N1CC(c2nnn(C)n2)CC1=O. The van der Waals surface area contributed by atoms with Gasteiger partial charge in [0.15, 0.2) is 11.6 Å². The normalized spacial score (nSPS) is 22.4. The van der Waals surface area contributed by atoms with Crippen LogP contribution in [0.25, 0.3) is 0 Å². The fourth-order valence-corrected chi connectivity index (χ4v) is 7.76. The first kappa shape index (κ1) is 50.9. The summed E-state index contributed by atoms with van der Waals surface area (Å²) >= 11 is 0. The molecule has 7 unspecified atom stereocenters. The standard InChI is InChI=1S/C15H24N4O3.2C13H21N5O3/c1-6-11(14(21)22-15(3,4)5)19-8-10(7-12(19)20)13-9(2)16-18-17-13;1-5-9(12(20)21-13(2,3)4)18-7-8(6-10(18)19)11-14-16-17-15-11;1-5-10(13(20)21-8(2)3)18-7-9(6-11(18)19)12-14-16-17(4)15-12/h9-11H,6-8H2,1-5H3;8-9H,5-7H2,1-4H3,(H,14,15,16,17);8-10H,5-7H2,1-4H3. The molecule has 2 aromatic heterocycles. The first-order valence-electron chi connectivity index (χ1n) is 22.0. The molecule has 4 aliphatic heterocycles. The minimum absolute atomic E-state index is 0.0195. The van der Waals surface area contributed by atoms with Gasteiger partial charge in [-0.2, -0.15) is 15.1 Å². The molecule has 2 aromatic rings. The van der Waals surface area contributed by atoms with Crippen LogP contribution in [-0.2, 0) is 50.0 Å². The number of aromatic nitrogens is 8. The van der Waals surface area contributed by atoms with Gasteiger partial charge in [0, 0.05) is 56.7 Å². The number of aryl methyl sites for hydroxylation is 1. The molecule has 0 saturated carbocycles. The van der Waals surface area contributed by atoms with Gasteiger partial charge >= 0.3 is 17.9 Å². The lowest BCUT2D eigenvalue weighted by Crippen LogP contribution is -2.45. The van der Waals surface area contributed by atoms with Gasteiger partial charge in [-0.1, -0.05) is 26.0 Å². The van der Waals surface area contributed by atoms with Crippen molar-refractivity contribution in [3.63, 3.8) is 0 Å². The van der Waals surface area contributed by atoms with Gasteiger partial charge in [0.05, 0.1) is 18.9 Å². The van der Waals surface area contributed by atoms with Crippen molar-refractivity contribution >= 4 is 41.3 Å². The minimum Gasteiger partial charge on any atom is -0.461 e. The van der Waals surface area contributed by atoms with Gasteiger partial charge in [-0.3, -0.25) is 14.4 Å². The third kappa shape index (κ3) is 13.6. The van der Waals surface area contributed by atoms with Crippen molar-refractivity contribution in [1.82, 2.24) is 55.5 Å². The maximum Gasteiger partial charge on any atom is 0.329 e. The summed E-state index contributed by atoms with van der Waals surface area (Å²) in [6.07, 6.45) is 2.33. The van der Waals surface area contributed by atoms with Gasteiger partial charge in [0.2, 0.25) is 17.7 Å². The Kier molecular flexibility index (Phi) is 17.3. The van der Waals surface area contributed by atoms with E-state index in [0.717, 1.165) is 5.71 Å². The molecule has 64 heavy (non-hydrogen) atoms. The zero-order chi connectivity index (χ0) is 47.7. The molecule has 7 atom stereocenters. The highest BCUT2D eigenvalue weighted by Crippen LogP contribution is 2.31. The molecule has 3 amide bonds. The average Bonchev–Trinajstić information content (AvgIpc) is 4.05. The number of H-pyrrole nitrogens is 1. The van der Waals surface area contributed by atoms with Crippen LogP contribution in [-0.4, -0.2) is 158 Å². The highest BCUT2D eigenvalue weighted by atomic mass is 16.6. The molecule has 1 N–H and O–H groups in total. The summed E-state index contributed by atoms with van der Waals surface area (Å²) in [5.74, 6) is -0.480. The summed E-state index contributed by atoms with van der Waals surface area (Å²) in [5.41, 5.74) is -0.302. The average molecular weight is 899 g/mol. The van der Waals surface area contributed by atoms with E-state index in [0.29, 0.717) is 69.8 Å². The number of hydrogen-bond acceptors (Lipinski definition) is 18. The van der Waals surface area contributed by atoms with Crippen LogP contribution >= 0.6 is 0 Å². The number of carbonyl (C=O) groups excluding carboxylic acids is 6. The lowest BCUT2D eigenvalue weighted by atomic mass is 9.98. The summed E-state index contributed by atoms with van der Waals surface area (Å²) < 4.78 is 16.1. The number of aromatic amines is 1. The lowest BCUT2D eigenvalue weighted by molar-refractivity contribution is -0.164. The molecule has 0 bridgehead atoms. The molecular weight excluding hydrogens is 833 g/mol. The largest absolute Gasteiger partial charge is 0.461 e. The number of nitrogens with zero attached hydrogens (tertiary/aromatic N) is 13. The first-order chi connectivity index (χ1) is 30.0. The molecule has 354 valence electrons. The number of likely N-dealkylation sites (tertiary alicyclic amines) is 3. The molecule has 0 radical (unpaired) electrons. The Balaban J connectivity index is 0.000000210.